The van der Waals surface area contributed by atoms with E-state index < -0.39 is 0 Å². The molecule has 3 aromatic heterocycles. The Morgan fingerprint density at radius 1 is 1.38 bits per heavy atom. The van der Waals surface area contributed by atoms with Gasteiger partial charge in [0.05, 0.1) is 17.7 Å². The predicted molar refractivity (Wildman–Crippen MR) is 109 cm³/mol. The summed E-state index contributed by atoms with van der Waals surface area (Å²) in [4.78, 5) is 19.9. The zero-order chi connectivity index (χ0) is 19.8. The van der Waals surface area contributed by atoms with E-state index in [0.29, 0.717) is 24.6 Å². The zero-order valence-electron chi connectivity index (χ0n) is 15.9. The number of benzene rings is 1. The molecule has 148 valence electrons. The summed E-state index contributed by atoms with van der Waals surface area (Å²) in [6.07, 6.45) is 3.47. The first-order valence-corrected chi connectivity index (χ1v) is 10.4. The molecule has 0 unspecified atom stereocenters. The summed E-state index contributed by atoms with van der Waals surface area (Å²) < 4.78 is 11.1. The average Bonchev–Trinajstić information content (AvgIpc) is 3.20. The number of nitrogens with one attached hydrogen (secondary N) is 2. The molecule has 29 heavy (non-hydrogen) atoms. The summed E-state index contributed by atoms with van der Waals surface area (Å²) >= 11 is 1.54. The van der Waals surface area contributed by atoms with Gasteiger partial charge in [-0.05, 0) is 25.0 Å². The predicted octanol–water partition coefficient (Wildman–Crippen LogP) is 4.27. The van der Waals surface area contributed by atoms with Gasteiger partial charge in [0.1, 0.15) is 24.3 Å². The van der Waals surface area contributed by atoms with Crippen molar-refractivity contribution in [1.29, 1.82) is 0 Å². The third kappa shape index (κ3) is 3.63. The van der Waals surface area contributed by atoms with Gasteiger partial charge in [-0.1, -0.05) is 12.1 Å². The van der Waals surface area contributed by atoms with Crippen molar-refractivity contribution in [2.45, 2.75) is 32.9 Å². The molecule has 1 fully saturated rings. The Labute approximate surface area is 171 Å². The third-order valence-corrected chi connectivity index (χ3v) is 5.97. The number of ether oxygens (including phenoxy) is 1. The Morgan fingerprint density at radius 2 is 2.28 bits per heavy atom. The number of hydrogen-bond donors (Lipinski definition) is 2. The lowest BCUT2D eigenvalue weighted by atomic mass is 10.1. The summed E-state index contributed by atoms with van der Waals surface area (Å²) in [5.74, 6) is 0.814. The van der Waals surface area contributed by atoms with E-state index in [9.17, 15) is 4.79 Å². The molecule has 5 rings (SSSR count). The number of aromatic nitrogens is 3. The van der Waals surface area contributed by atoms with Gasteiger partial charge in [0, 0.05) is 45.1 Å². The molecule has 1 aliphatic carbocycles. The van der Waals surface area contributed by atoms with Crippen molar-refractivity contribution in [3.8, 4) is 17.0 Å². The van der Waals surface area contributed by atoms with Gasteiger partial charge < -0.3 is 19.6 Å². The number of hydrogen-bond acceptors (Lipinski definition) is 6. The van der Waals surface area contributed by atoms with E-state index in [-0.39, 0.29) is 11.3 Å². The highest BCUT2D eigenvalue weighted by molar-refractivity contribution is 7.07. The second-order valence-corrected chi connectivity index (χ2v) is 8.35. The highest BCUT2D eigenvalue weighted by atomic mass is 32.1. The topological polar surface area (TPSA) is 93.0 Å². The first kappa shape index (κ1) is 17.9. The lowest BCUT2D eigenvalue weighted by Crippen LogP contribution is -2.29. The summed E-state index contributed by atoms with van der Waals surface area (Å²) in [6.45, 7) is 2.85. The monoisotopic (exact) mass is 408 g/mol. The van der Waals surface area contributed by atoms with Crippen molar-refractivity contribution >= 4 is 28.1 Å². The number of fused-ring (bicyclic) bond motifs is 1. The maximum atomic E-state index is 12.2. The maximum absolute atomic E-state index is 12.2. The quantitative estimate of drug-likeness (QED) is 0.476. The number of rotatable bonds is 7. The van der Waals surface area contributed by atoms with Crippen LogP contribution >= 0.6 is 11.3 Å². The van der Waals surface area contributed by atoms with Crippen LogP contribution in [0, 0.1) is 5.41 Å². The van der Waals surface area contributed by atoms with Crippen LogP contribution < -0.4 is 10.1 Å². The molecule has 0 atom stereocenters. The summed E-state index contributed by atoms with van der Waals surface area (Å²) in [7, 11) is 0. The Hall–Kier alpha value is -3.13. The zero-order valence-corrected chi connectivity index (χ0v) is 16.7. The SMILES string of the molecule is CC1(C(=O)NCc2cc3cc(-c4ccon4)c(OCc4cscn4)cc3[nH]2)CC1. The van der Waals surface area contributed by atoms with Gasteiger partial charge >= 0.3 is 0 Å². The molecule has 8 heteroatoms. The van der Waals surface area contributed by atoms with Gasteiger partial charge in [-0.3, -0.25) is 4.79 Å². The molecule has 2 N–H and O–H groups in total. The third-order valence-electron chi connectivity index (χ3n) is 5.34. The van der Waals surface area contributed by atoms with Gasteiger partial charge in [-0.15, -0.1) is 11.3 Å². The maximum Gasteiger partial charge on any atom is 0.226 e. The van der Waals surface area contributed by atoms with Crippen LogP contribution in [0.15, 0.2) is 45.9 Å². The number of nitrogens with zero attached hydrogens (tertiary/aromatic N) is 2. The van der Waals surface area contributed by atoms with Gasteiger partial charge in [0.25, 0.3) is 0 Å². The molecule has 1 aromatic carbocycles. The fourth-order valence-corrected chi connectivity index (χ4v) is 3.79. The molecule has 0 radical (unpaired) electrons. The van der Waals surface area contributed by atoms with E-state index in [1.807, 2.05) is 30.5 Å². The minimum Gasteiger partial charge on any atom is -0.486 e. The molecule has 1 aliphatic rings. The molecule has 0 saturated heterocycles. The second kappa shape index (κ2) is 7.04. The van der Waals surface area contributed by atoms with Crippen LogP contribution in [-0.2, 0) is 17.9 Å². The molecule has 1 saturated carbocycles. The van der Waals surface area contributed by atoms with Gasteiger partial charge in [-0.25, -0.2) is 4.98 Å². The van der Waals surface area contributed by atoms with E-state index in [0.717, 1.165) is 40.7 Å². The number of thiazole rings is 1. The molecule has 0 bridgehead atoms. The van der Waals surface area contributed by atoms with E-state index >= 15 is 0 Å². The van der Waals surface area contributed by atoms with E-state index in [1.54, 1.807) is 17.8 Å². The summed E-state index contributed by atoms with van der Waals surface area (Å²) in [5.41, 5.74) is 5.92. The standard InChI is InChI=1S/C21H20N4O3S/c1-21(3-4-21)20(26)22-9-14-6-13-7-16(17-2-5-28-25-17)19(8-18(13)24-14)27-10-15-11-29-12-23-15/h2,5-8,11-12,24H,3-4,9-10H2,1H3,(H,22,26). The molecule has 1 amide bonds. The first-order valence-electron chi connectivity index (χ1n) is 9.45. The lowest BCUT2D eigenvalue weighted by Gasteiger charge is -2.09. The number of carbonyl (C=O) groups is 1. The van der Waals surface area contributed by atoms with Crippen molar-refractivity contribution in [1.82, 2.24) is 20.4 Å². The van der Waals surface area contributed by atoms with Crippen LogP contribution in [-0.4, -0.2) is 21.0 Å². The second-order valence-electron chi connectivity index (χ2n) is 7.63. The van der Waals surface area contributed by atoms with Crippen molar-refractivity contribution in [3.63, 3.8) is 0 Å². The van der Waals surface area contributed by atoms with E-state index in [4.69, 9.17) is 9.26 Å². The Kier molecular flexibility index (Phi) is 4.35. The van der Waals surface area contributed by atoms with Crippen molar-refractivity contribution < 1.29 is 14.1 Å². The van der Waals surface area contributed by atoms with Gasteiger partial charge in [0.2, 0.25) is 5.91 Å². The van der Waals surface area contributed by atoms with Crippen LogP contribution in [0.2, 0.25) is 0 Å². The normalized spacial score (nSPS) is 14.8. The van der Waals surface area contributed by atoms with E-state index in [1.165, 1.54) is 11.3 Å². The number of carbonyl (C=O) groups excluding carboxylic acids is 1. The largest absolute Gasteiger partial charge is 0.486 e. The van der Waals surface area contributed by atoms with Crippen molar-refractivity contribution in [2.24, 2.45) is 5.41 Å². The highest BCUT2D eigenvalue weighted by Gasteiger charge is 2.44. The Morgan fingerprint density at radius 3 is 3.00 bits per heavy atom. The fraction of sp³-hybridized carbons (Fsp3) is 0.286. The Bertz CT molecular complexity index is 1140. The number of amides is 1. The molecular weight excluding hydrogens is 388 g/mol. The smallest absolute Gasteiger partial charge is 0.226 e. The van der Waals surface area contributed by atoms with Gasteiger partial charge in [0.15, 0.2) is 0 Å². The number of H-pyrrole nitrogens is 1. The summed E-state index contributed by atoms with van der Waals surface area (Å²) in [6, 6.07) is 7.83. The molecule has 0 spiro atoms. The molecule has 3 heterocycles. The Balaban J connectivity index is 1.42. The van der Waals surface area contributed by atoms with E-state index in [2.05, 4.69) is 20.4 Å². The summed E-state index contributed by atoms with van der Waals surface area (Å²) in [5, 5.41) is 10.1. The first-order chi connectivity index (χ1) is 14.1. The minimum absolute atomic E-state index is 0.117. The minimum atomic E-state index is -0.178. The molecule has 4 aromatic rings. The molecular formula is C21H20N4O3S. The van der Waals surface area contributed by atoms with Gasteiger partial charge in [-0.2, -0.15) is 0 Å². The fourth-order valence-electron chi connectivity index (χ4n) is 3.25. The number of aromatic amines is 1. The lowest BCUT2D eigenvalue weighted by molar-refractivity contribution is -0.125. The average molecular weight is 408 g/mol. The highest BCUT2D eigenvalue weighted by Crippen LogP contribution is 2.45. The van der Waals surface area contributed by atoms with Crippen molar-refractivity contribution in [2.75, 3.05) is 0 Å². The van der Waals surface area contributed by atoms with Crippen LogP contribution in [0.25, 0.3) is 22.2 Å². The molecule has 7 nitrogen and oxygen atoms in total. The van der Waals surface area contributed by atoms with Crippen molar-refractivity contribution in [3.05, 3.63) is 52.8 Å². The molecule has 0 aliphatic heterocycles. The van der Waals surface area contributed by atoms with Crippen LogP contribution in [0.1, 0.15) is 31.2 Å². The van der Waals surface area contributed by atoms with Crippen LogP contribution in [0.3, 0.4) is 0 Å². The van der Waals surface area contributed by atoms with Crippen LogP contribution in [0.5, 0.6) is 5.75 Å². The van der Waals surface area contributed by atoms with Crippen LogP contribution in [0.4, 0.5) is 0 Å².